The second-order valence-electron chi connectivity index (χ2n) is 6.77. The molecule has 1 rings (SSSR count). The van der Waals surface area contributed by atoms with E-state index in [-0.39, 0.29) is 5.97 Å². The van der Waals surface area contributed by atoms with Gasteiger partial charge in [0, 0.05) is 13.1 Å². The van der Waals surface area contributed by atoms with E-state index < -0.39 is 5.54 Å². The fourth-order valence-corrected chi connectivity index (χ4v) is 3.21. The minimum Gasteiger partial charge on any atom is -0.468 e. The molecule has 21 heavy (non-hydrogen) atoms. The van der Waals surface area contributed by atoms with Gasteiger partial charge in [-0.2, -0.15) is 0 Å². The van der Waals surface area contributed by atoms with E-state index in [0.717, 1.165) is 38.4 Å². The van der Waals surface area contributed by atoms with E-state index in [0.29, 0.717) is 0 Å². The molecule has 0 heterocycles. The van der Waals surface area contributed by atoms with Crippen LogP contribution in [-0.2, 0) is 9.53 Å². The van der Waals surface area contributed by atoms with Gasteiger partial charge in [-0.1, -0.05) is 26.2 Å². The molecule has 0 aromatic carbocycles. The predicted octanol–water partition coefficient (Wildman–Crippen LogP) is 2.82. The van der Waals surface area contributed by atoms with Crippen molar-refractivity contribution in [2.24, 2.45) is 5.92 Å². The molecule has 0 bridgehead atoms. The van der Waals surface area contributed by atoms with Crippen LogP contribution in [0.25, 0.3) is 0 Å². The second-order valence-corrected chi connectivity index (χ2v) is 6.77. The van der Waals surface area contributed by atoms with Gasteiger partial charge in [0.15, 0.2) is 0 Å². The molecule has 1 aliphatic carbocycles. The summed E-state index contributed by atoms with van der Waals surface area (Å²) in [6.07, 6.45) is 8.72. The highest BCUT2D eigenvalue weighted by molar-refractivity contribution is 5.80. The lowest BCUT2D eigenvalue weighted by molar-refractivity contribution is -0.148. The zero-order valence-electron chi connectivity index (χ0n) is 14.4. The summed E-state index contributed by atoms with van der Waals surface area (Å²) in [6.45, 7) is 7.00. The van der Waals surface area contributed by atoms with Gasteiger partial charge in [0.1, 0.15) is 5.54 Å². The van der Waals surface area contributed by atoms with Gasteiger partial charge in [-0.15, -0.1) is 0 Å². The number of carbonyl (C=O) groups excluding carboxylic acids is 1. The lowest BCUT2D eigenvalue weighted by Gasteiger charge is -2.32. The van der Waals surface area contributed by atoms with Crippen LogP contribution < -0.4 is 5.32 Å². The molecule has 0 aromatic rings. The standard InChI is InChI=1S/C17H34N2O2/c1-5-12-18-17(2,16(20)21-4)11-13-19(3)14-15-9-7-6-8-10-15/h15,18H,5-14H2,1-4H3. The van der Waals surface area contributed by atoms with Crippen molar-refractivity contribution in [2.75, 3.05) is 33.8 Å². The van der Waals surface area contributed by atoms with Crippen LogP contribution >= 0.6 is 0 Å². The maximum absolute atomic E-state index is 12.0. The molecule has 1 aliphatic rings. The zero-order valence-corrected chi connectivity index (χ0v) is 14.4. The number of methoxy groups -OCH3 is 1. The molecular weight excluding hydrogens is 264 g/mol. The molecule has 1 atom stereocenters. The molecule has 0 spiro atoms. The molecular formula is C17H34N2O2. The van der Waals surface area contributed by atoms with E-state index in [1.54, 1.807) is 0 Å². The van der Waals surface area contributed by atoms with Crippen molar-refractivity contribution in [3.05, 3.63) is 0 Å². The summed E-state index contributed by atoms with van der Waals surface area (Å²) in [7, 11) is 3.64. The monoisotopic (exact) mass is 298 g/mol. The van der Waals surface area contributed by atoms with E-state index in [2.05, 4.69) is 24.2 Å². The van der Waals surface area contributed by atoms with E-state index >= 15 is 0 Å². The fraction of sp³-hybridized carbons (Fsp3) is 0.941. The van der Waals surface area contributed by atoms with Gasteiger partial charge < -0.3 is 15.0 Å². The Morgan fingerprint density at radius 1 is 1.33 bits per heavy atom. The van der Waals surface area contributed by atoms with Crippen LogP contribution in [0.15, 0.2) is 0 Å². The van der Waals surface area contributed by atoms with E-state index in [9.17, 15) is 4.79 Å². The Morgan fingerprint density at radius 3 is 2.57 bits per heavy atom. The van der Waals surface area contributed by atoms with Crippen molar-refractivity contribution >= 4 is 5.97 Å². The molecule has 4 heteroatoms. The molecule has 0 amide bonds. The number of nitrogens with one attached hydrogen (secondary N) is 1. The largest absolute Gasteiger partial charge is 0.468 e. The van der Waals surface area contributed by atoms with Gasteiger partial charge in [-0.3, -0.25) is 4.79 Å². The highest BCUT2D eigenvalue weighted by Crippen LogP contribution is 2.24. The number of nitrogens with zero attached hydrogens (tertiary/aromatic N) is 1. The first kappa shape index (κ1) is 18.4. The molecule has 0 saturated heterocycles. The van der Waals surface area contributed by atoms with Crippen molar-refractivity contribution in [1.82, 2.24) is 10.2 Å². The average Bonchev–Trinajstić information content (AvgIpc) is 2.51. The van der Waals surface area contributed by atoms with Crippen LogP contribution in [0.1, 0.15) is 58.8 Å². The van der Waals surface area contributed by atoms with Gasteiger partial charge in [0.25, 0.3) is 0 Å². The number of carbonyl (C=O) groups is 1. The Bertz CT molecular complexity index is 303. The minimum atomic E-state index is -0.564. The maximum atomic E-state index is 12.0. The molecule has 4 nitrogen and oxygen atoms in total. The van der Waals surface area contributed by atoms with Gasteiger partial charge >= 0.3 is 5.97 Å². The van der Waals surface area contributed by atoms with Crippen molar-refractivity contribution in [3.8, 4) is 0 Å². The van der Waals surface area contributed by atoms with Gasteiger partial charge in [0.2, 0.25) is 0 Å². The molecule has 0 aromatic heterocycles. The maximum Gasteiger partial charge on any atom is 0.325 e. The van der Waals surface area contributed by atoms with Crippen LogP contribution in [0.5, 0.6) is 0 Å². The van der Waals surface area contributed by atoms with E-state index in [1.807, 2.05) is 6.92 Å². The van der Waals surface area contributed by atoms with Crippen LogP contribution in [0.4, 0.5) is 0 Å². The average molecular weight is 298 g/mol. The SMILES string of the molecule is CCCNC(C)(CCN(C)CC1CCCCC1)C(=O)OC. The number of hydrogen-bond donors (Lipinski definition) is 1. The lowest BCUT2D eigenvalue weighted by Crippen LogP contribution is -2.52. The fourth-order valence-electron chi connectivity index (χ4n) is 3.21. The first-order valence-corrected chi connectivity index (χ1v) is 8.54. The second kappa shape index (κ2) is 9.42. The highest BCUT2D eigenvalue weighted by atomic mass is 16.5. The summed E-state index contributed by atoms with van der Waals surface area (Å²) >= 11 is 0. The summed E-state index contributed by atoms with van der Waals surface area (Å²) in [5.74, 6) is 0.693. The van der Waals surface area contributed by atoms with Crippen LogP contribution in [0, 0.1) is 5.92 Å². The summed E-state index contributed by atoms with van der Waals surface area (Å²) in [5.41, 5.74) is -0.564. The van der Waals surface area contributed by atoms with E-state index in [1.165, 1.54) is 39.2 Å². The lowest BCUT2D eigenvalue weighted by atomic mass is 9.89. The topological polar surface area (TPSA) is 41.6 Å². The first-order valence-electron chi connectivity index (χ1n) is 8.54. The minimum absolute atomic E-state index is 0.151. The number of rotatable bonds is 9. The number of esters is 1. The van der Waals surface area contributed by atoms with E-state index in [4.69, 9.17) is 4.74 Å². The predicted molar refractivity (Wildman–Crippen MR) is 87.4 cm³/mol. The molecule has 1 fully saturated rings. The molecule has 1 saturated carbocycles. The third kappa shape index (κ3) is 6.35. The molecule has 0 aliphatic heterocycles. The Labute approximate surface area is 130 Å². The van der Waals surface area contributed by atoms with Crippen LogP contribution in [0.3, 0.4) is 0 Å². The molecule has 1 N–H and O–H groups in total. The third-order valence-electron chi connectivity index (χ3n) is 4.69. The van der Waals surface area contributed by atoms with Gasteiger partial charge in [-0.25, -0.2) is 0 Å². The Morgan fingerprint density at radius 2 is 2.00 bits per heavy atom. The first-order chi connectivity index (χ1) is 10.0. The van der Waals surface area contributed by atoms with Crippen LogP contribution in [0.2, 0.25) is 0 Å². The van der Waals surface area contributed by atoms with Gasteiger partial charge in [-0.05, 0) is 52.1 Å². The van der Waals surface area contributed by atoms with Gasteiger partial charge in [0.05, 0.1) is 7.11 Å². The van der Waals surface area contributed by atoms with Crippen LogP contribution in [-0.4, -0.2) is 50.2 Å². The quantitative estimate of drug-likeness (QED) is 0.665. The Kier molecular flexibility index (Phi) is 8.27. The summed E-state index contributed by atoms with van der Waals surface area (Å²) in [6, 6.07) is 0. The molecule has 0 radical (unpaired) electrons. The van der Waals surface area contributed by atoms with Crippen molar-refractivity contribution in [1.29, 1.82) is 0 Å². The zero-order chi connectivity index (χ0) is 15.7. The summed E-state index contributed by atoms with van der Waals surface area (Å²) < 4.78 is 4.97. The number of ether oxygens (including phenoxy) is 1. The summed E-state index contributed by atoms with van der Waals surface area (Å²) in [4.78, 5) is 14.4. The van der Waals surface area contributed by atoms with Crippen molar-refractivity contribution in [3.63, 3.8) is 0 Å². The Hall–Kier alpha value is -0.610. The smallest absolute Gasteiger partial charge is 0.325 e. The molecule has 1 unspecified atom stereocenters. The normalized spacial score (nSPS) is 19.5. The Balaban J connectivity index is 2.41. The third-order valence-corrected chi connectivity index (χ3v) is 4.69. The van der Waals surface area contributed by atoms with Crippen molar-refractivity contribution in [2.45, 2.75) is 64.3 Å². The summed E-state index contributed by atoms with van der Waals surface area (Å²) in [5, 5.41) is 3.35. The molecule has 124 valence electrons. The highest BCUT2D eigenvalue weighted by Gasteiger charge is 2.33. The number of hydrogen-bond acceptors (Lipinski definition) is 4. The van der Waals surface area contributed by atoms with Crippen molar-refractivity contribution < 1.29 is 9.53 Å².